The Morgan fingerprint density at radius 3 is 0.764 bits per heavy atom. The van der Waals surface area contributed by atoms with E-state index in [-0.39, 0.29) is 25.7 Å². The normalized spacial score (nSPS) is 14.1. The molecule has 0 saturated heterocycles. The molecule has 0 bridgehead atoms. The van der Waals surface area contributed by atoms with Crippen molar-refractivity contribution >= 4 is 39.5 Å². The van der Waals surface area contributed by atoms with E-state index in [1.165, 1.54) is 186 Å². The van der Waals surface area contributed by atoms with Gasteiger partial charge in [-0.15, -0.1) is 0 Å². The molecule has 0 aliphatic heterocycles. The number of rotatable bonds is 70. The number of esters is 4. The number of hydrogen-bond donors (Lipinski definition) is 3. The van der Waals surface area contributed by atoms with Gasteiger partial charge >= 0.3 is 39.5 Å². The third-order valence-corrected chi connectivity index (χ3v) is 18.2. The molecule has 0 radical (unpaired) electrons. The molecular weight excluding hydrogens is 1170 g/mol. The largest absolute Gasteiger partial charge is 0.472 e. The van der Waals surface area contributed by atoms with Gasteiger partial charge in [0.05, 0.1) is 26.4 Å². The molecule has 89 heavy (non-hydrogen) atoms. The van der Waals surface area contributed by atoms with Gasteiger partial charge in [0.25, 0.3) is 0 Å². The van der Waals surface area contributed by atoms with Gasteiger partial charge in [-0.05, 0) is 31.6 Å². The fourth-order valence-corrected chi connectivity index (χ4v) is 12.2. The number of phosphoric ester groups is 2. The number of carbonyl (C=O) groups excluding carboxylic acids is 4. The van der Waals surface area contributed by atoms with Crippen LogP contribution in [0.1, 0.15) is 362 Å². The van der Waals surface area contributed by atoms with Gasteiger partial charge < -0.3 is 33.8 Å². The fraction of sp³-hybridized carbons (Fsp3) is 0.943. The first kappa shape index (κ1) is 87.1. The molecule has 2 unspecified atom stereocenters. The van der Waals surface area contributed by atoms with Crippen LogP contribution in [-0.2, 0) is 65.4 Å². The number of aliphatic hydroxyl groups excluding tert-OH is 1. The molecule has 5 atom stereocenters. The first-order valence-corrected chi connectivity index (χ1v) is 39.6. The van der Waals surface area contributed by atoms with Crippen molar-refractivity contribution in [2.45, 2.75) is 380 Å². The first-order valence-electron chi connectivity index (χ1n) is 36.6. The summed E-state index contributed by atoms with van der Waals surface area (Å²) in [5, 5.41) is 10.6. The van der Waals surface area contributed by atoms with E-state index in [0.29, 0.717) is 25.7 Å². The van der Waals surface area contributed by atoms with Crippen molar-refractivity contribution in [1.82, 2.24) is 0 Å². The summed E-state index contributed by atoms with van der Waals surface area (Å²) in [4.78, 5) is 72.5. The maximum absolute atomic E-state index is 13.0. The SMILES string of the molecule is CCCCCCCCCCCCCCCCC(=O)OC[C@H](COP(=O)(O)OC[C@@H](O)COP(=O)(O)OC[C@@H](COC(=O)CCCCCCCCCCC)OC(=O)CCCCCCCCCCCCC)OC(=O)CCCCCCCCCCCCCCC(C)C. The molecule has 0 saturated carbocycles. The van der Waals surface area contributed by atoms with Crippen molar-refractivity contribution < 1.29 is 80.2 Å². The summed E-state index contributed by atoms with van der Waals surface area (Å²) in [5.74, 6) is -1.34. The average Bonchev–Trinajstić information content (AvgIpc) is 3.53. The summed E-state index contributed by atoms with van der Waals surface area (Å²) in [6.07, 6.45) is 49.8. The number of carbonyl (C=O) groups is 4. The molecule has 0 aromatic carbocycles. The van der Waals surface area contributed by atoms with Crippen LogP contribution in [-0.4, -0.2) is 96.7 Å². The first-order chi connectivity index (χ1) is 43.0. The third kappa shape index (κ3) is 64.6. The Bertz CT molecular complexity index is 1720. The number of unbranched alkanes of at least 4 members (excludes halogenated alkanes) is 42. The van der Waals surface area contributed by atoms with E-state index in [9.17, 15) is 43.2 Å². The highest BCUT2D eigenvalue weighted by molar-refractivity contribution is 7.47. The van der Waals surface area contributed by atoms with Gasteiger partial charge in [0.15, 0.2) is 12.2 Å². The highest BCUT2D eigenvalue weighted by Gasteiger charge is 2.30. The zero-order valence-electron chi connectivity index (χ0n) is 57.6. The fourth-order valence-electron chi connectivity index (χ4n) is 10.6. The molecule has 3 N–H and O–H groups in total. The minimum absolute atomic E-state index is 0.107. The van der Waals surface area contributed by atoms with Gasteiger partial charge in [-0.2, -0.15) is 0 Å². The summed E-state index contributed by atoms with van der Waals surface area (Å²) in [6, 6.07) is 0. The van der Waals surface area contributed by atoms with Crippen molar-refractivity contribution in [2.24, 2.45) is 5.92 Å². The minimum Gasteiger partial charge on any atom is -0.462 e. The quantitative estimate of drug-likeness (QED) is 0.0222. The molecule has 0 heterocycles. The zero-order valence-corrected chi connectivity index (χ0v) is 59.4. The average molecular weight is 1310 g/mol. The Balaban J connectivity index is 5.23. The standard InChI is InChI=1S/C70H136O17P2/c1-6-9-12-15-18-21-23-24-25-30-34-39-44-49-54-68(73)81-60-66(87-70(75)56-51-46-41-36-31-27-26-29-33-37-42-47-52-63(4)5)62-85-89(78,79)83-58-64(71)57-82-88(76,77)84-61-65(59-80-67(72)53-48-43-38-32-20-17-14-11-8-3)86-69(74)55-50-45-40-35-28-22-19-16-13-10-7-2/h63-66,71H,6-62H2,1-5H3,(H,76,77)(H,78,79)/t64-,65+,66+/m0/s1. The smallest absolute Gasteiger partial charge is 0.462 e. The Labute approximate surface area is 543 Å². The highest BCUT2D eigenvalue weighted by Crippen LogP contribution is 2.45. The Morgan fingerprint density at radius 2 is 0.517 bits per heavy atom. The summed E-state index contributed by atoms with van der Waals surface area (Å²) in [6.45, 7) is 7.24. The Hall–Kier alpha value is -1.94. The van der Waals surface area contributed by atoms with Crippen LogP contribution in [0.5, 0.6) is 0 Å². The molecule has 0 fully saturated rings. The molecule has 0 aliphatic carbocycles. The number of aliphatic hydroxyl groups is 1. The van der Waals surface area contributed by atoms with Crippen molar-refractivity contribution in [2.75, 3.05) is 39.6 Å². The number of phosphoric acid groups is 2. The molecule has 19 heteroatoms. The lowest BCUT2D eigenvalue weighted by Crippen LogP contribution is -2.30. The van der Waals surface area contributed by atoms with Crippen LogP contribution in [0.15, 0.2) is 0 Å². The van der Waals surface area contributed by atoms with E-state index in [4.69, 9.17) is 37.0 Å². The lowest BCUT2D eigenvalue weighted by molar-refractivity contribution is -0.161. The Kier molecular flexibility index (Phi) is 62.1. The molecule has 0 aromatic heterocycles. The molecule has 0 aromatic rings. The van der Waals surface area contributed by atoms with E-state index >= 15 is 0 Å². The van der Waals surface area contributed by atoms with Crippen LogP contribution >= 0.6 is 15.6 Å². The lowest BCUT2D eigenvalue weighted by Gasteiger charge is -2.21. The zero-order chi connectivity index (χ0) is 65.6. The topological polar surface area (TPSA) is 237 Å². The molecular formula is C70H136O17P2. The lowest BCUT2D eigenvalue weighted by atomic mass is 10.0. The molecule has 528 valence electrons. The summed E-state index contributed by atoms with van der Waals surface area (Å²) in [7, 11) is -9.90. The molecule has 17 nitrogen and oxygen atoms in total. The second-order valence-corrected chi connectivity index (χ2v) is 28.7. The van der Waals surface area contributed by atoms with Crippen molar-refractivity contribution in [3.63, 3.8) is 0 Å². The predicted octanol–water partition coefficient (Wildman–Crippen LogP) is 20.1. The van der Waals surface area contributed by atoms with Gasteiger partial charge in [-0.1, -0.05) is 311 Å². The van der Waals surface area contributed by atoms with Gasteiger partial charge in [-0.3, -0.25) is 37.3 Å². The van der Waals surface area contributed by atoms with Crippen LogP contribution in [0.3, 0.4) is 0 Å². The minimum atomic E-state index is -4.95. The van der Waals surface area contributed by atoms with E-state index in [1.807, 2.05) is 0 Å². The second-order valence-electron chi connectivity index (χ2n) is 25.7. The van der Waals surface area contributed by atoms with E-state index in [2.05, 4.69) is 34.6 Å². The van der Waals surface area contributed by atoms with Gasteiger partial charge in [0.1, 0.15) is 19.3 Å². The summed E-state index contributed by atoms with van der Waals surface area (Å²) in [5.41, 5.74) is 0. The molecule has 0 amide bonds. The number of ether oxygens (including phenoxy) is 4. The number of hydrogen-bond acceptors (Lipinski definition) is 15. The van der Waals surface area contributed by atoms with Crippen molar-refractivity contribution in [3.8, 4) is 0 Å². The maximum Gasteiger partial charge on any atom is 0.472 e. The summed E-state index contributed by atoms with van der Waals surface area (Å²) < 4.78 is 68.3. The van der Waals surface area contributed by atoms with Crippen LogP contribution in [0.4, 0.5) is 0 Å². The van der Waals surface area contributed by atoms with Crippen molar-refractivity contribution in [1.29, 1.82) is 0 Å². The monoisotopic (exact) mass is 1310 g/mol. The van der Waals surface area contributed by atoms with Crippen LogP contribution in [0.25, 0.3) is 0 Å². The van der Waals surface area contributed by atoms with Gasteiger partial charge in [-0.25, -0.2) is 9.13 Å². The highest BCUT2D eigenvalue weighted by atomic mass is 31.2. The van der Waals surface area contributed by atoms with E-state index in [1.54, 1.807) is 0 Å². The molecule has 0 aliphatic rings. The van der Waals surface area contributed by atoms with Crippen LogP contribution < -0.4 is 0 Å². The van der Waals surface area contributed by atoms with Gasteiger partial charge in [0, 0.05) is 25.7 Å². The predicted molar refractivity (Wildman–Crippen MR) is 358 cm³/mol. The maximum atomic E-state index is 13.0. The third-order valence-electron chi connectivity index (χ3n) is 16.3. The molecule has 0 spiro atoms. The van der Waals surface area contributed by atoms with Crippen LogP contribution in [0, 0.1) is 5.92 Å². The van der Waals surface area contributed by atoms with Crippen molar-refractivity contribution in [3.05, 3.63) is 0 Å². The molecule has 0 rings (SSSR count). The second kappa shape index (κ2) is 63.5. The Morgan fingerprint density at radius 1 is 0.303 bits per heavy atom. The van der Waals surface area contributed by atoms with Gasteiger partial charge in [0.2, 0.25) is 0 Å². The van der Waals surface area contributed by atoms with Crippen LogP contribution in [0.2, 0.25) is 0 Å². The van der Waals surface area contributed by atoms with E-state index < -0.39 is 97.5 Å². The van der Waals surface area contributed by atoms with E-state index in [0.717, 1.165) is 95.8 Å². The summed E-state index contributed by atoms with van der Waals surface area (Å²) >= 11 is 0.